The van der Waals surface area contributed by atoms with E-state index >= 15 is 0 Å². The fourth-order valence-corrected chi connectivity index (χ4v) is 4.64. The molecular weight excluding hydrogens is 346 g/mol. The Balaban J connectivity index is 0.00000180. The van der Waals surface area contributed by atoms with Crippen molar-refractivity contribution in [2.75, 3.05) is 0 Å². The van der Waals surface area contributed by atoms with Crippen LogP contribution < -0.4 is 0 Å². The van der Waals surface area contributed by atoms with Crippen molar-refractivity contribution in [3.63, 3.8) is 0 Å². The molecule has 2 rings (SSSR count). The third kappa shape index (κ3) is 3.53. The predicted molar refractivity (Wildman–Crippen MR) is 67.4 cm³/mol. The summed E-state index contributed by atoms with van der Waals surface area (Å²) in [6.07, 6.45) is 2.25. The topological polar surface area (TPSA) is 9.23 Å². The SMILES string of the molecule is CC(O[Si](C)(C)C)(C1[CH-]C2C=CC1C2)C(F)(F)F.[Y]. The second-order valence-electron chi connectivity index (χ2n) is 6.49. The molecule has 0 aromatic carbocycles. The van der Waals surface area contributed by atoms with E-state index in [-0.39, 0.29) is 44.5 Å². The van der Waals surface area contributed by atoms with Gasteiger partial charge in [-0.2, -0.15) is 13.2 Å². The van der Waals surface area contributed by atoms with Crippen molar-refractivity contribution in [2.45, 2.75) is 44.8 Å². The summed E-state index contributed by atoms with van der Waals surface area (Å²) in [7, 11) is -2.26. The molecule has 4 unspecified atom stereocenters. The van der Waals surface area contributed by atoms with E-state index in [4.69, 9.17) is 4.43 Å². The molecule has 0 amide bonds. The maximum Gasteiger partial charge on any atom is 0.413 e. The average molecular weight is 366 g/mol. The Morgan fingerprint density at radius 3 is 2.11 bits per heavy atom. The fourth-order valence-electron chi connectivity index (χ4n) is 3.12. The van der Waals surface area contributed by atoms with Crippen molar-refractivity contribution in [3.05, 3.63) is 18.6 Å². The monoisotopic (exact) mass is 366 g/mol. The van der Waals surface area contributed by atoms with E-state index in [9.17, 15) is 13.2 Å². The van der Waals surface area contributed by atoms with Gasteiger partial charge in [0.05, 0.1) is 0 Å². The Labute approximate surface area is 139 Å². The van der Waals surface area contributed by atoms with Crippen LogP contribution in [0.4, 0.5) is 13.2 Å². The van der Waals surface area contributed by atoms with Crippen molar-refractivity contribution in [2.24, 2.45) is 17.8 Å². The van der Waals surface area contributed by atoms with Crippen molar-refractivity contribution in [1.82, 2.24) is 0 Å². The molecular formula is C13H20F3OSiY-. The maximum atomic E-state index is 13.5. The van der Waals surface area contributed by atoms with Crippen molar-refractivity contribution < 1.29 is 50.3 Å². The molecule has 2 aliphatic rings. The fraction of sp³-hybridized carbons (Fsp3) is 0.769. The summed E-state index contributed by atoms with van der Waals surface area (Å²) in [5.74, 6) is -0.357. The van der Waals surface area contributed by atoms with Gasteiger partial charge in [0.15, 0.2) is 8.32 Å². The molecule has 0 N–H and O–H groups in total. The third-order valence-electron chi connectivity index (χ3n) is 3.78. The number of allylic oxidation sites excluding steroid dienone is 2. The van der Waals surface area contributed by atoms with Gasteiger partial charge < -0.3 is 10.8 Å². The number of rotatable bonds is 3. The molecule has 107 valence electrons. The summed E-state index contributed by atoms with van der Waals surface area (Å²) < 4.78 is 46.0. The molecule has 6 heteroatoms. The molecule has 1 saturated carbocycles. The van der Waals surface area contributed by atoms with Crippen LogP contribution in [0, 0.1) is 24.2 Å². The van der Waals surface area contributed by atoms with Gasteiger partial charge in [0, 0.05) is 32.7 Å². The minimum Gasteiger partial charge on any atom is -0.406 e. The average Bonchev–Trinajstić information content (AvgIpc) is 2.73. The first-order valence-electron chi connectivity index (χ1n) is 6.33. The van der Waals surface area contributed by atoms with Gasteiger partial charge in [0.2, 0.25) is 0 Å². The first-order valence-corrected chi connectivity index (χ1v) is 9.74. The molecule has 0 saturated heterocycles. The van der Waals surface area contributed by atoms with Crippen LogP contribution in [0.1, 0.15) is 13.3 Å². The zero-order chi connectivity index (χ0) is 13.8. The van der Waals surface area contributed by atoms with Gasteiger partial charge in [-0.15, -0.1) is 17.9 Å². The normalized spacial score (nSPS) is 33.1. The predicted octanol–water partition coefficient (Wildman–Crippen LogP) is 4.18. The second-order valence-corrected chi connectivity index (χ2v) is 10.9. The Bertz CT molecular complexity index is 364. The molecule has 0 aromatic rings. The summed E-state index contributed by atoms with van der Waals surface area (Å²) >= 11 is 0. The Morgan fingerprint density at radius 1 is 1.21 bits per heavy atom. The minimum atomic E-state index is -4.33. The third-order valence-corrected chi connectivity index (χ3v) is 4.82. The Hall–Kier alpha value is 0.811. The van der Waals surface area contributed by atoms with Gasteiger partial charge in [-0.05, 0) is 32.5 Å². The van der Waals surface area contributed by atoms with Crippen molar-refractivity contribution >= 4 is 8.32 Å². The molecule has 0 heterocycles. The molecule has 4 atom stereocenters. The molecule has 0 aliphatic heterocycles. The van der Waals surface area contributed by atoms with E-state index in [1.54, 1.807) is 19.6 Å². The van der Waals surface area contributed by atoms with E-state index in [1.165, 1.54) is 6.92 Å². The number of hydrogen-bond acceptors (Lipinski definition) is 1. The summed E-state index contributed by atoms with van der Waals surface area (Å²) in [5, 5.41) is 0. The van der Waals surface area contributed by atoms with Crippen LogP contribution in [0.3, 0.4) is 0 Å². The molecule has 1 nitrogen and oxygen atoms in total. The molecule has 2 bridgehead atoms. The van der Waals surface area contributed by atoms with Gasteiger partial charge >= 0.3 is 6.18 Å². The zero-order valence-electron chi connectivity index (χ0n) is 11.8. The van der Waals surface area contributed by atoms with Gasteiger partial charge in [0.25, 0.3) is 0 Å². The number of fused-ring (bicyclic) bond motifs is 2. The standard InChI is InChI=1S/C13H20F3OSi.Y/c1-12(13(14,15)16,17-18(2,3)4)11-8-9-5-6-10(11)7-9;/h5-6,8-11H,7H2,1-4H3;/q-1;. The molecule has 2 aliphatic carbocycles. The molecule has 0 aromatic heterocycles. The minimum absolute atomic E-state index is 0. The van der Waals surface area contributed by atoms with Crippen LogP contribution in [0.5, 0.6) is 0 Å². The van der Waals surface area contributed by atoms with Crippen molar-refractivity contribution in [3.8, 4) is 0 Å². The summed E-state index contributed by atoms with van der Waals surface area (Å²) in [6, 6.07) is 0. The first kappa shape index (κ1) is 17.9. The van der Waals surface area contributed by atoms with Crippen LogP contribution in [0.15, 0.2) is 12.2 Å². The molecule has 0 spiro atoms. The van der Waals surface area contributed by atoms with E-state index in [2.05, 4.69) is 0 Å². The maximum absolute atomic E-state index is 13.5. The second kappa shape index (κ2) is 5.54. The van der Waals surface area contributed by atoms with Crippen LogP contribution in [0.2, 0.25) is 19.6 Å². The van der Waals surface area contributed by atoms with E-state index < -0.39 is 26.0 Å². The molecule has 1 fully saturated rings. The van der Waals surface area contributed by atoms with Gasteiger partial charge in [-0.25, -0.2) is 0 Å². The summed E-state index contributed by atoms with van der Waals surface area (Å²) in [5.41, 5.74) is -2.04. The van der Waals surface area contributed by atoms with Crippen LogP contribution >= 0.6 is 0 Å². The van der Waals surface area contributed by atoms with Crippen molar-refractivity contribution in [1.29, 1.82) is 0 Å². The number of alkyl halides is 3. The summed E-state index contributed by atoms with van der Waals surface area (Å²) in [4.78, 5) is 0. The first-order chi connectivity index (χ1) is 8.03. The van der Waals surface area contributed by atoms with Gasteiger partial charge in [-0.1, -0.05) is 12.5 Å². The largest absolute Gasteiger partial charge is 0.413 e. The van der Waals surface area contributed by atoms with Crippen LogP contribution in [0.25, 0.3) is 0 Å². The zero-order valence-corrected chi connectivity index (χ0v) is 15.6. The summed E-state index contributed by atoms with van der Waals surface area (Å²) in [6.45, 7) is 6.64. The van der Waals surface area contributed by atoms with E-state index in [1.807, 2.05) is 18.6 Å². The van der Waals surface area contributed by atoms with Crippen LogP contribution in [-0.4, -0.2) is 20.1 Å². The Morgan fingerprint density at radius 2 is 1.79 bits per heavy atom. The number of halogens is 3. The Kier molecular flexibility index (Phi) is 5.21. The van der Waals surface area contributed by atoms with E-state index in [0.29, 0.717) is 0 Å². The van der Waals surface area contributed by atoms with Crippen LogP contribution in [-0.2, 0) is 37.1 Å². The molecule has 19 heavy (non-hydrogen) atoms. The van der Waals surface area contributed by atoms with E-state index in [0.717, 1.165) is 6.42 Å². The number of hydrogen-bond donors (Lipinski definition) is 0. The van der Waals surface area contributed by atoms with Gasteiger partial charge in [0.1, 0.15) is 5.60 Å². The molecule has 1 radical (unpaired) electrons. The quantitative estimate of drug-likeness (QED) is 0.414. The van der Waals surface area contributed by atoms with Gasteiger partial charge in [-0.3, -0.25) is 0 Å². The smallest absolute Gasteiger partial charge is 0.406 e.